The topological polar surface area (TPSA) is 17.8 Å². The fourth-order valence-electron chi connectivity index (χ4n) is 2.05. The molecule has 0 aliphatic rings. The Morgan fingerprint density at radius 2 is 2.00 bits per heavy atom. The van der Waals surface area contributed by atoms with Crippen molar-refractivity contribution in [3.63, 3.8) is 0 Å². The molecule has 1 aromatic carbocycles. The molecule has 0 radical (unpaired) electrons. The Morgan fingerprint density at radius 1 is 1.19 bits per heavy atom. The van der Waals surface area contributed by atoms with E-state index in [0.717, 1.165) is 21.8 Å². The molecule has 4 heteroatoms. The van der Waals surface area contributed by atoms with Gasteiger partial charge in [-0.1, -0.05) is 11.6 Å². The highest BCUT2D eigenvalue weighted by atomic mass is 35.5. The number of aryl methyl sites for hydroxylation is 1. The van der Waals surface area contributed by atoms with Gasteiger partial charge in [-0.05, 0) is 24.3 Å². The number of rotatable bonds is 0. The first kappa shape index (κ1) is 9.60. The lowest BCUT2D eigenvalue weighted by Gasteiger charge is -1.96. The highest BCUT2D eigenvalue weighted by Gasteiger charge is 2.09. The van der Waals surface area contributed by atoms with E-state index in [-0.39, 0.29) is 5.82 Å². The van der Waals surface area contributed by atoms with E-state index >= 15 is 0 Å². The monoisotopic (exact) mass is 234 g/mol. The molecule has 2 aromatic heterocycles. The summed E-state index contributed by atoms with van der Waals surface area (Å²) in [4.78, 5) is 4.04. The van der Waals surface area contributed by atoms with Crippen molar-refractivity contribution >= 4 is 33.4 Å². The van der Waals surface area contributed by atoms with Crippen LogP contribution in [-0.4, -0.2) is 9.55 Å². The molecule has 2 nitrogen and oxygen atoms in total. The molecule has 0 N–H and O–H groups in total. The average molecular weight is 235 g/mol. The van der Waals surface area contributed by atoms with Gasteiger partial charge in [0.2, 0.25) is 0 Å². The minimum absolute atomic E-state index is 0.238. The van der Waals surface area contributed by atoms with Crippen LogP contribution in [0.2, 0.25) is 5.15 Å². The van der Waals surface area contributed by atoms with Crippen molar-refractivity contribution in [3.8, 4) is 0 Å². The number of hydrogen-bond acceptors (Lipinski definition) is 1. The summed E-state index contributed by atoms with van der Waals surface area (Å²) >= 11 is 5.87. The Hall–Kier alpha value is -1.61. The maximum absolute atomic E-state index is 13.2. The van der Waals surface area contributed by atoms with Crippen molar-refractivity contribution in [1.82, 2.24) is 9.55 Å². The van der Waals surface area contributed by atoms with E-state index in [1.54, 1.807) is 18.3 Å². The predicted molar refractivity (Wildman–Crippen MR) is 63.2 cm³/mol. The number of benzene rings is 1. The zero-order valence-electron chi connectivity index (χ0n) is 8.54. The van der Waals surface area contributed by atoms with Gasteiger partial charge in [0.05, 0.1) is 17.2 Å². The lowest BCUT2D eigenvalue weighted by Crippen LogP contribution is -1.87. The zero-order valence-corrected chi connectivity index (χ0v) is 9.29. The van der Waals surface area contributed by atoms with Crippen LogP contribution >= 0.6 is 11.6 Å². The van der Waals surface area contributed by atoms with Crippen LogP contribution in [0.25, 0.3) is 21.8 Å². The standard InChI is InChI=1S/C12H8ClFN2/c1-16-10-4-7(14)2-3-8(10)9-5-12(13)15-6-11(9)16/h2-6H,1H3. The largest absolute Gasteiger partial charge is 0.342 e. The van der Waals surface area contributed by atoms with Gasteiger partial charge < -0.3 is 4.57 Å². The van der Waals surface area contributed by atoms with E-state index < -0.39 is 0 Å². The summed E-state index contributed by atoms with van der Waals surface area (Å²) in [6.45, 7) is 0. The van der Waals surface area contributed by atoms with Crippen LogP contribution in [0.15, 0.2) is 30.5 Å². The Kier molecular flexibility index (Phi) is 1.91. The van der Waals surface area contributed by atoms with Gasteiger partial charge in [-0.3, -0.25) is 0 Å². The molecular weight excluding hydrogens is 227 g/mol. The molecule has 0 saturated heterocycles. The molecule has 80 valence electrons. The number of aromatic nitrogens is 2. The average Bonchev–Trinajstić information content (AvgIpc) is 2.52. The van der Waals surface area contributed by atoms with Gasteiger partial charge in [0.15, 0.2) is 0 Å². The third kappa shape index (κ3) is 1.21. The second-order valence-corrected chi connectivity index (χ2v) is 4.13. The van der Waals surface area contributed by atoms with Crippen molar-refractivity contribution < 1.29 is 4.39 Å². The van der Waals surface area contributed by atoms with Gasteiger partial charge in [-0.2, -0.15) is 0 Å². The maximum atomic E-state index is 13.2. The second-order valence-electron chi connectivity index (χ2n) is 3.74. The van der Waals surface area contributed by atoms with Crippen LogP contribution < -0.4 is 0 Å². The van der Waals surface area contributed by atoms with E-state index in [1.165, 1.54) is 12.1 Å². The van der Waals surface area contributed by atoms with Crippen LogP contribution in [0.5, 0.6) is 0 Å². The number of nitrogens with zero attached hydrogens (tertiary/aromatic N) is 2. The number of pyridine rings is 1. The molecule has 0 unspecified atom stereocenters. The van der Waals surface area contributed by atoms with Crippen LogP contribution in [0.3, 0.4) is 0 Å². The third-order valence-corrected chi connectivity index (χ3v) is 3.03. The lowest BCUT2D eigenvalue weighted by atomic mass is 10.2. The smallest absolute Gasteiger partial charge is 0.129 e. The zero-order chi connectivity index (χ0) is 11.3. The van der Waals surface area contributed by atoms with Crippen LogP contribution in [0, 0.1) is 5.82 Å². The molecule has 0 bridgehead atoms. The summed E-state index contributed by atoms with van der Waals surface area (Å²) in [5, 5.41) is 2.44. The van der Waals surface area contributed by atoms with Crippen molar-refractivity contribution in [2.45, 2.75) is 0 Å². The maximum Gasteiger partial charge on any atom is 0.129 e. The van der Waals surface area contributed by atoms with Gasteiger partial charge in [0, 0.05) is 17.8 Å². The molecule has 0 spiro atoms. The van der Waals surface area contributed by atoms with Gasteiger partial charge in [0.25, 0.3) is 0 Å². The highest BCUT2D eigenvalue weighted by molar-refractivity contribution is 6.30. The van der Waals surface area contributed by atoms with Crippen LogP contribution in [0.4, 0.5) is 4.39 Å². The highest BCUT2D eigenvalue weighted by Crippen LogP contribution is 2.29. The summed E-state index contributed by atoms with van der Waals surface area (Å²) in [6, 6.07) is 6.54. The summed E-state index contributed by atoms with van der Waals surface area (Å²) in [7, 11) is 1.89. The molecule has 0 amide bonds. The number of hydrogen-bond donors (Lipinski definition) is 0. The first-order valence-electron chi connectivity index (χ1n) is 4.86. The molecular formula is C12H8ClFN2. The fourth-order valence-corrected chi connectivity index (χ4v) is 2.20. The molecule has 16 heavy (non-hydrogen) atoms. The Labute approximate surface area is 96.3 Å². The van der Waals surface area contributed by atoms with E-state index in [4.69, 9.17) is 11.6 Å². The van der Waals surface area contributed by atoms with Gasteiger partial charge in [-0.25, -0.2) is 9.37 Å². The molecule has 0 aliphatic heterocycles. The predicted octanol–water partition coefficient (Wildman–Crippen LogP) is 3.52. The van der Waals surface area contributed by atoms with Crippen LogP contribution in [-0.2, 0) is 7.05 Å². The van der Waals surface area contributed by atoms with E-state index in [0.29, 0.717) is 5.15 Å². The third-order valence-electron chi connectivity index (χ3n) is 2.82. The molecule has 2 heterocycles. The molecule has 3 rings (SSSR count). The Balaban J connectivity index is 2.59. The molecule has 0 atom stereocenters. The molecule has 0 fully saturated rings. The van der Waals surface area contributed by atoms with Crippen molar-refractivity contribution in [2.24, 2.45) is 7.05 Å². The first-order chi connectivity index (χ1) is 7.66. The number of halogens is 2. The SMILES string of the molecule is Cn1c2cnc(Cl)cc2c2ccc(F)cc21. The fraction of sp³-hybridized carbons (Fsp3) is 0.0833. The summed E-state index contributed by atoms with van der Waals surface area (Å²) in [5.74, 6) is -0.238. The Bertz CT molecular complexity index is 703. The minimum Gasteiger partial charge on any atom is -0.342 e. The van der Waals surface area contributed by atoms with E-state index in [9.17, 15) is 4.39 Å². The quantitative estimate of drug-likeness (QED) is 0.544. The van der Waals surface area contributed by atoms with Crippen molar-refractivity contribution in [2.75, 3.05) is 0 Å². The molecule has 0 aliphatic carbocycles. The van der Waals surface area contributed by atoms with Crippen LogP contribution in [0.1, 0.15) is 0 Å². The van der Waals surface area contributed by atoms with Gasteiger partial charge >= 0.3 is 0 Å². The minimum atomic E-state index is -0.238. The first-order valence-corrected chi connectivity index (χ1v) is 5.24. The lowest BCUT2D eigenvalue weighted by molar-refractivity contribution is 0.629. The van der Waals surface area contributed by atoms with E-state index in [2.05, 4.69) is 4.98 Å². The van der Waals surface area contributed by atoms with Crippen molar-refractivity contribution in [3.05, 3.63) is 41.4 Å². The molecule has 3 aromatic rings. The molecule has 0 saturated carbocycles. The van der Waals surface area contributed by atoms with Crippen molar-refractivity contribution in [1.29, 1.82) is 0 Å². The van der Waals surface area contributed by atoms with Gasteiger partial charge in [-0.15, -0.1) is 0 Å². The summed E-state index contributed by atoms with van der Waals surface area (Å²) < 4.78 is 15.1. The normalized spacial score (nSPS) is 11.4. The number of fused-ring (bicyclic) bond motifs is 3. The summed E-state index contributed by atoms with van der Waals surface area (Å²) in [5.41, 5.74) is 1.80. The van der Waals surface area contributed by atoms with Gasteiger partial charge in [0.1, 0.15) is 11.0 Å². The second kappa shape index (κ2) is 3.19. The van der Waals surface area contributed by atoms with E-state index in [1.807, 2.05) is 11.6 Å². The summed E-state index contributed by atoms with van der Waals surface area (Å²) in [6.07, 6.45) is 1.70. The Morgan fingerprint density at radius 3 is 2.81 bits per heavy atom.